The first kappa shape index (κ1) is 50.1. The molecule has 0 fully saturated rings. The highest BCUT2D eigenvalue weighted by atomic mass is 32.2. The van der Waals surface area contributed by atoms with Crippen molar-refractivity contribution < 1.29 is 57.9 Å². The van der Waals surface area contributed by atoms with Gasteiger partial charge in [0.1, 0.15) is 6.54 Å². The highest BCUT2D eigenvalue weighted by Gasteiger charge is 2.46. The van der Waals surface area contributed by atoms with Crippen molar-refractivity contribution in [1.82, 2.24) is 10.2 Å². The molecule has 3 heterocycles. The van der Waals surface area contributed by atoms with Crippen LogP contribution in [0.15, 0.2) is 119 Å². The second-order valence-corrected chi connectivity index (χ2v) is 22.6. The van der Waals surface area contributed by atoms with Gasteiger partial charge in [-0.15, -0.1) is 0 Å². The van der Waals surface area contributed by atoms with E-state index in [1.165, 1.54) is 36.4 Å². The Morgan fingerprint density at radius 3 is 1.91 bits per heavy atom. The lowest BCUT2D eigenvalue weighted by Crippen LogP contribution is -2.38. The van der Waals surface area contributed by atoms with Crippen molar-refractivity contribution in [3.8, 4) is 0 Å². The second-order valence-electron chi connectivity index (χ2n) is 18.2. The van der Waals surface area contributed by atoms with Gasteiger partial charge in [-0.3, -0.25) is 32.9 Å². The van der Waals surface area contributed by atoms with Gasteiger partial charge < -0.3 is 10.2 Å². The second kappa shape index (κ2) is 19.3. The summed E-state index contributed by atoms with van der Waals surface area (Å²) < 4.78 is 102. The maximum Gasteiger partial charge on any atom is 0.294 e. The van der Waals surface area contributed by atoms with Gasteiger partial charge in [-0.05, 0) is 109 Å². The average Bonchev–Trinajstić information content (AvgIpc) is 3.78. The van der Waals surface area contributed by atoms with Crippen LogP contribution in [-0.4, -0.2) is 104 Å². The fourth-order valence-electron chi connectivity index (χ4n) is 9.64. The van der Waals surface area contributed by atoms with Crippen molar-refractivity contribution in [3.05, 3.63) is 120 Å². The molecule has 3 aliphatic rings. The summed E-state index contributed by atoms with van der Waals surface area (Å²) in [7, 11) is -13.0. The molecule has 0 atom stereocenters. The summed E-state index contributed by atoms with van der Waals surface area (Å²) in [5, 5.41) is 5.68. The van der Waals surface area contributed by atoms with Gasteiger partial charge in [0, 0.05) is 79.1 Å². The van der Waals surface area contributed by atoms with Crippen LogP contribution in [0.5, 0.6) is 0 Å². The molecule has 68 heavy (non-hydrogen) atoms. The fourth-order valence-corrected chi connectivity index (χ4v) is 11.2. The monoisotopic (exact) mass is 987 g/mol. The maximum absolute atomic E-state index is 12.6. The number of unbranched alkanes of at least 4 members (excludes halogenated alkanes) is 3. The Morgan fingerprint density at radius 1 is 0.676 bits per heavy atom. The number of carbonyl (C=O) groups excluding carboxylic acids is 3. The Bertz CT molecular complexity index is 3220. The van der Waals surface area contributed by atoms with Crippen molar-refractivity contribution in [2.45, 2.75) is 86.8 Å². The van der Waals surface area contributed by atoms with E-state index in [9.17, 15) is 53.3 Å². The highest BCUT2D eigenvalue weighted by molar-refractivity contribution is 7.86. The van der Waals surface area contributed by atoms with E-state index in [1.807, 2.05) is 48.6 Å². The molecule has 4 aromatic rings. The van der Waals surface area contributed by atoms with E-state index in [4.69, 9.17) is 0 Å². The van der Waals surface area contributed by atoms with Gasteiger partial charge in [0.25, 0.3) is 42.2 Å². The summed E-state index contributed by atoms with van der Waals surface area (Å²) in [5.74, 6) is -1.35. The SMILES string of the molecule is CC1(C)C(/C=C/C=C/C=C2\N(CCCCS(=O)(=O)O)c3ccc4cc(S(=O)(=O)O)ccc4c3C2(C)C)=[N+](CCCCCC(=O)NCCN2C(=O)C=CC2=O)c2ccc3cc(S(=O)(=O)O)ccc3c21. The molecule has 0 aromatic heterocycles. The van der Waals surface area contributed by atoms with Crippen LogP contribution in [0.1, 0.15) is 77.3 Å². The van der Waals surface area contributed by atoms with Gasteiger partial charge in [-0.1, -0.05) is 50.3 Å². The van der Waals surface area contributed by atoms with Crippen molar-refractivity contribution in [2.75, 3.05) is 36.8 Å². The van der Waals surface area contributed by atoms with E-state index in [0.29, 0.717) is 36.7 Å². The van der Waals surface area contributed by atoms with Crippen LogP contribution in [0, 0.1) is 0 Å². The largest absolute Gasteiger partial charge is 0.354 e. The molecule has 3 aliphatic heterocycles. The smallest absolute Gasteiger partial charge is 0.294 e. The minimum Gasteiger partial charge on any atom is -0.354 e. The van der Waals surface area contributed by atoms with E-state index in [-0.39, 0.29) is 47.4 Å². The van der Waals surface area contributed by atoms with E-state index < -0.39 is 53.0 Å². The normalized spacial score (nSPS) is 17.5. The molecule has 3 amide bonds. The molecule has 0 bridgehead atoms. The number of rotatable bonds is 19. The van der Waals surface area contributed by atoms with Crippen molar-refractivity contribution in [3.63, 3.8) is 0 Å². The Morgan fingerprint density at radius 2 is 1.29 bits per heavy atom. The van der Waals surface area contributed by atoms with E-state index in [1.54, 1.807) is 18.2 Å². The Kier molecular flexibility index (Phi) is 14.2. The van der Waals surface area contributed by atoms with Gasteiger partial charge in [0.2, 0.25) is 11.6 Å². The Hall–Kier alpha value is -5.83. The van der Waals surface area contributed by atoms with Gasteiger partial charge >= 0.3 is 0 Å². The number of carbonyl (C=O) groups is 3. The fraction of sp³-hybridized carbons (Fsp3) is 0.347. The summed E-state index contributed by atoms with van der Waals surface area (Å²) in [6, 6.07) is 16.5. The number of benzene rings is 4. The number of nitrogens with one attached hydrogen (secondary N) is 1. The number of amides is 3. The molecular weight excluding hydrogens is 933 g/mol. The number of fused-ring (bicyclic) bond motifs is 6. The van der Waals surface area contributed by atoms with Crippen LogP contribution < -0.4 is 10.2 Å². The molecule has 0 spiro atoms. The molecular formula is C49H55N4O12S3+. The molecule has 360 valence electrons. The topological polar surface area (TPSA) is 236 Å². The molecule has 0 saturated heterocycles. The number of anilines is 1. The number of nitrogens with zero attached hydrogens (tertiary/aromatic N) is 3. The predicted molar refractivity (Wildman–Crippen MR) is 260 cm³/mol. The standard InChI is InChI=1S/C49H54N4O12S3/c1-48(2)41(13-7-5-8-14-42-49(3,4)47-38-21-19-36(68(63,64)65)32-34(38)17-23-40(47)52(42)28-11-12-30-66(57,58)59)51(39-22-16-33-31-35(67(60,61)62)18-20-37(33)46(39)48)27-10-6-9-15-43(54)50-26-29-53-44(55)24-25-45(53)56/h5,7-8,13-14,16-25,31-32H,6,9-12,15,26-30H2,1-4H3,(H3-,50,54,57,58,59,60,61,62,63,64,65)/p+1. The van der Waals surface area contributed by atoms with Crippen LogP contribution >= 0.6 is 0 Å². The first-order valence-electron chi connectivity index (χ1n) is 22.2. The zero-order valence-corrected chi connectivity index (χ0v) is 40.6. The summed E-state index contributed by atoms with van der Waals surface area (Å²) in [6.45, 7) is 9.59. The molecule has 4 aromatic carbocycles. The molecule has 4 N–H and O–H groups in total. The van der Waals surface area contributed by atoms with Gasteiger partial charge in [-0.25, -0.2) is 0 Å². The molecule has 0 aliphatic carbocycles. The minimum absolute atomic E-state index is 0.0971. The van der Waals surface area contributed by atoms with Gasteiger partial charge in [0.05, 0.1) is 21.0 Å². The van der Waals surface area contributed by atoms with Crippen LogP contribution in [0.4, 0.5) is 11.4 Å². The van der Waals surface area contributed by atoms with Crippen LogP contribution in [0.2, 0.25) is 0 Å². The minimum atomic E-state index is -4.44. The van der Waals surface area contributed by atoms with E-state index in [0.717, 1.165) is 62.4 Å². The van der Waals surface area contributed by atoms with Crippen LogP contribution in [-0.2, 0) is 55.6 Å². The number of imide groups is 1. The van der Waals surface area contributed by atoms with Crippen molar-refractivity contribution in [1.29, 1.82) is 0 Å². The van der Waals surface area contributed by atoms with E-state index in [2.05, 4.69) is 42.5 Å². The lowest BCUT2D eigenvalue weighted by atomic mass is 9.79. The lowest BCUT2D eigenvalue weighted by molar-refractivity contribution is -0.438. The highest BCUT2D eigenvalue weighted by Crippen LogP contribution is 2.51. The predicted octanol–water partition coefficient (Wildman–Crippen LogP) is 6.93. The lowest BCUT2D eigenvalue weighted by Gasteiger charge is -2.27. The molecule has 16 nitrogen and oxygen atoms in total. The Balaban J connectivity index is 1.15. The maximum atomic E-state index is 12.6. The van der Waals surface area contributed by atoms with Crippen molar-refractivity contribution >= 4 is 86.7 Å². The summed E-state index contributed by atoms with van der Waals surface area (Å²) >= 11 is 0. The molecule has 0 unspecified atom stereocenters. The first-order valence-corrected chi connectivity index (χ1v) is 26.7. The van der Waals surface area contributed by atoms with Crippen LogP contribution in [0.25, 0.3) is 21.5 Å². The third kappa shape index (κ3) is 10.6. The third-order valence-electron chi connectivity index (χ3n) is 12.8. The zero-order chi connectivity index (χ0) is 49.4. The molecule has 0 saturated carbocycles. The summed E-state index contributed by atoms with van der Waals surface area (Å²) in [6.07, 6.45) is 15.2. The third-order valence-corrected chi connectivity index (χ3v) is 15.3. The van der Waals surface area contributed by atoms with Gasteiger partial charge in [-0.2, -0.15) is 29.8 Å². The van der Waals surface area contributed by atoms with Gasteiger partial charge in [0.15, 0.2) is 5.71 Å². The van der Waals surface area contributed by atoms with Crippen molar-refractivity contribution in [2.24, 2.45) is 0 Å². The Labute approximate surface area is 396 Å². The first-order chi connectivity index (χ1) is 31.9. The van der Waals surface area contributed by atoms with Crippen LogP contribution in [0.3, 0.4) is 0 Å². The molecule has 7 rings (SSSR count). The number of hydrogen-bond donors (Lipinski definition) is 4. The average molecular weight is 988 g/mol. The van der Waals surface area contributed by atoms with E-state index >= 15 is 0 Å². The molecule has 19 heteroatoms. The quantitative estimate of drug-likeness (QED) is 0.0246. The number of allylic oxidation sites excluding steroid dienone is 6. The zero-order valence-electron chi connectivity index (χ0n) is 38.2. The summed E-state index contributed by atoms with van der Waals surface area (Å²) in [5.41, 5.74) is 4.40. The number of hydrogen-bond acceptors (Lipinski definition) is 10. The summed E-state index contributed by atoms with van der Waals surface area (Å²) in [4.78, 5) is 39.0. The molecule has 0 radical (unpaired) electrons.